The molecule has 2 rings (SSSR count). The summed E-state index contributed by atoms with van der Waals surface area (Å²) < 4.78 is 14.4. The Kier molecular flexibility index (Phi) is 2.92. The van der Waals surface area contributed by atoms with Gasteiger partial charge < -0.3 is 5.73 Å². The van der Waals surface area contributed by atoms with Crippen molar-refractivity contribution in [1.82, 2.24) is 9.78 Å². The molecule has 16 heavy (non-hydrogen) atoms. The number of nitrogen functional groups attached to an aromatic ring is 1. The minimum absolute atomic E-state index is 0.276. The van der Waals surface area contributed by atoms with Crippen LogP contribution in [-0.2, 0) is 0 Å². The highest BCUT2D eigenvalue weighted by atomic mass is 31.1. The molecule has 0 aliphatic rings. The largest absolute Gasteiger partial charge is 0.398 e. The van der Waals surface area contributed by atoms with Gasteiger partial charge in [-0.1, -0.05) is 7.92 Å². The van der Waals surface area contributed by atoms with Crippen molar-refractivity contribution in [2.75, 3.05) is 19.1 Å². The van der Waals surface area contributed by atoms with Crippen molar-refractivity contribution < 1.29 is 4.39 Å². The van der Waals surface area contributed by atoms with Gasteiger partial charge in [-0.25, -0.2) is 9.07 Å². The number of nitrogens with two attached hydrogens (primary N) is 1. The van der Waals surface area contributed by atoms with Gasteiger partial charge in [0.15, 0.2) is 5.82 Å². The number of anilines is 1. The summed E-state index contributed by atoms with van der Waals surface area (Å²) in [5.41, 5.74) is 7.51. The molecule has 2 N–H and O–H groups in total. The van der Waals surface area contributed by atoms with Crippen LogP contribution in [0, 0.1) is 5.82 Å². The van der Waals surface area contributed by atoms with Crippen molar-refractivity contribution >= 4 is 18.9 Å². The van der Waals surface area contributed by atoms with E-state index in [9.17, 15) is 4.39 Å². The lowest BCUT2D eigenvalue weighted by Gasteiger charge is -2.11. The van der Waals surface area contributed by atoms with Crippen molar-refractivity contribution in [1.29, 1.82) is 0 Å². The highest BCUT2D eigenvalue weighted by molar-refractivity contribution is 7.64. The fourth-order valence-corrected chi connectivity index (χ4v) is 2.49. The first-order chi connectivity index (χ1) is 7.58. The first-order valence-electron chi connectivity index (χ1n) is 4.85. The number of aromatic nitrogens is 2. The van der Waals surface area contributed by atoms with Crippen LogP contribution in [0.25, 0.3) is 5.69 Å². The van der Waals surface area contributed by atoms with Crippen molar-refractivity contribution in [3.05, 3.63) is 36.4 Å². The molecule has 0 aliphatic carbocycles. The summed E-state index contributed by atoms with van der Waals surface area (Å²) in [7, 11) is -0.276. The van der Waals surface area contributed by atoms with Crippen molar-refractivity contribution in [2.45, 2.75) is 0 Å². The standard InChI is InChI=1S/C11H13FN3P/c1-16(2)11-5-9(3-4-10(11)13)15-7-8(12)6-14-15/h3-7H,13H2,1-2H3. The predicted molar refractivity (Wildman–Crippen MR) is 66.3 cm³/mol. The molecule has 0 spiro atoms. The maximum absolute atomic E-state index is 12.8. The lowest BCUT2D eigenvalue weighted by Crippen LogP contribution is -2.09. The second-order valence-electron chi connectivity index (χ2n) is 3.74. The normalized spacial score (nSPS) is 11.0. The van der Waals surface area contributed by atoms with Crippen molar-refractivity contribution in [2.24, 2.45) is 0 Å². The third-order valence-electron chi connectivity index (χ3n) is 2.31. The molecule has 1 aromatic heterocycles. The van der Waals surface area contributed by atoms with E-state index in [-0.39, 0.29) is 13.7 Å². The first-order valence-corrected chi connectivity index (χ1v) is 7.09. The van der Waals surface area contributed by atoms with Gasteiger partial charge in [-0.15, -0.1) is 0 Å². The Morgan fingerprint density at radius 2 is 2.12 bits per heavy atom. The van der Waals surface area contributed by atoms with Gasteiger partial charge >= 0.3 is 0 Å². The average Bonchev–Trinajstić information content (AvgIpc) is 2.65. The van der Waals surface area contributed by atoms with E-state index in [1.54, 1.807) is 0 Å². The second kappa shape index (κ2) is 4.22. The lowest BCUT2D eigenvalue weighted by molar-refractivity contribution is 0.627. The Balaban J connectivity index is 2.47. The van der Waals surface area contributed by atoms with Crippen LogP contribution in [0.4, 0.5) is 10.1 Å². The van der Waals surface area contributed by atoms with Crippen LogP contribution >= 0.6 is 7.92 Å². The highest BCUT2D eigenvalue weighted by Crippen LogP contribution is 2.28. The van der Waals surface area contributed by atoms with Gasteiger partial charge in [0.25, 0.3) is 0 Å². The van der Waals surface area contributed by atoms with Crippen LogP contribution in [0.2, 0.25) is 0 Å². The second-order valence-corrected chi connectivity index (χ2v) is 6.01. The maximum atomic E-state index is 12.8. The molecular formula is C11H13FN3P. The molecule has 0 unspecified atom stereocenters. The summed E-state index contributed by atoms with van der Waals surface area (Å²) in [6.45, 7) is 4.27. The van der Waals surface area contributed by atoms with Crippen LogP contribution in [0.15, 0.2) is 30.6 Å². The zero-order chi connectivity index (χ0) is 11.7. The third-order valence-corrected chi connectivity index (χ3v) is 3.66. The SMILES string of the molecule is CP(C)c1cc(-n2cc(F)cn2)ccc1N. The quantitative estimate of drug-likeness (QED) is 0.641. The van der Waals surface area contributed by atoms with Crippen molar-refractivity contribution in [3.8, 4) is 5.69 Å². The molecule has 3 nitrogen and oxygen atoms in total. The minimum atomic E-state index is -0.339. The van der Waals surface area contributed by atoms with E-state index in [1.165, 1.54) is 17.1 Å². The molecule has 5 heteroatoms. The molecule has 0 saturated carbocycles. The van der Waals surface area contributed by atoms with Crippen LogP contribution in [0.3, 0.4) is 0 Å². The summed E-state index contributed by atoms with van der Waals surface area (Å²) in [5.74, 6) is -0.339. The third kappa shape index (κ3) is 2.07. The molecule has 0 amide bonds. The topological polar surface area (TPSA) is 43.8 Å². The molecule has 0 bridgehead atoms. The smallest absolute Gasteiger partial charge is 0.161 e. The van der Waals surface area contributed by atoms with Crippen LogP contribution in [0.1, 0.15) is 0 Å². The number of nitrogens with zero attached hydrogens (tertiary/aromatic N) is 2. The minimum Gasteiger partial charge on any atom is -0.398 e. The summed E-state index contributed by atoms with van der Waals surface area (Å²) in [6.07, 6.45) is 2.54. The summed E-state index contributed by atoms with van der Waals surface area (Å²) in [6, 6.07) is 5.64. The van der Waals surface area contributed by atoms with E-state index in [0.29, 0.717) is 0 Å². The predicted octanol–water partition coefficient (Wildman–Crippen LogP) is 1.96. The number of halogens is 1. The summed E-state index contributed by atoms with van der Waals surface area (Å²) in [5, 5.41) is 5.04. The van der Waals surface area contributed by atoms with Gasteiger partial charge in [0, 0.05) is 11.0 Å². The first kappa shape index (κ1) is 11.1. The van der Waals surface area contributed by atoms with Gasteiger partial charge in [0.2, 0.25) is 0 Å². The van der Waals surface area contributed by atoms with Crippen LogP contribution < -0.4 is 11.0 Å². The number of hydrogen-bond donors (Lipinski definition) is 1. The Bertz CT molecular complexity index is 508. The summed E-state index contributed by atoms with van der Waals surface area (Å²) in [4.78, 5) is 0. The van der Waals surface area contributed by atoms with Crippen LogP contribution in [-0.4, -0.2) is 23.1 Å². The molecule has 0 atom stereocenters. The van der Waals surface area contributed by atoms with Crippen molar-refractivity contribution in [3.63, 3.8) is 0 Å². The Morgan fingerprint density at radius 1 is 1.38 bits per heavy atom. The van der Waals surface area contributed by atoms with Gasteiger partial charge in [0.1, 0.15) is 0 Å². The molecule has 0 radical (unpaired) electrons. The Morgan fingerprint density at radius 3 is 2.69 bits per heavy atom. The van der Waals surface area contributed by atoms with Gasteiger partial charge in [-0.3, -0.25) is 0 Å². The fraction of sp³-hybridized carbons (Fsp3) is 0.182. The monoisotopic (exact) mass is 237 g/mol. The molecule has 0 aliphatic heterocycles. The molecule has 2 aromatic rings. The fourth-order valence-electron chi connectivity index (χ4n) is 1.50. The van der Waals surface area contributed by atoms with E-state index in [4.69, 9.17) is 5.73 Å². The van der Waals surface area contributed by atoms with Crippen LogP contribution in [0.5, 0.6) is 0 Å². The Labute approximate surface area is 94.8 Å². The van der Waals surface area contributed by atoms with E-state index in [0.717, 1.165) is 16.7 Å². The number of benzene rings is 1. The number of hydrogen-bond acceptors (Lipinski definition) is 2. The number of rotatable bonds is 2. The van der Waals surface area contributed by atoms with Gasteiger partial charge in [-0.05, 0) is 31.5 Å². The maximum Gasteiger partial charge on any atom is 0.161 e. The molecule has 0 fully saturated rings. The zero-order valence-corrected chi connectivity index (χ0v) is 10.1. The molecule has 1 heterocycles. The van der Waals surface area contributed by atoms with E-state index in [2.05, 4.69) is 18.4 Å². The van der Waals surface area contributed by atoms with Gasteiger partial charge in [0.05, 0.1) is 18.1 Å². The molecule has 0 saturated heterocycles. The van der Waals surface area contributed by atoms with E-state index < -0.39 is 0 Å². The Hall–Kier alpha value is -1.41. The molecule has 1 aromatic carbocycles. The van der Waals surface area contributed by atoms with E-state index >= 15 is 0 Å². The summed E-state index contributed by atoms with van der Waals surface area (Å²) >= 11 is 0. The van der Waals surface area contributed by atoms with Gasteiger partial charge in [-0.2, -0.15) is 5.10 Å². The van der Waals surface area contributed by atoms with E-state index in [1.807, 2.05) is 18.2 Å². The molecular weight excluding hydrogens is 224 g/mol. The highest BCUT2D eigenvalue weighted by Gasteiger charge is 2.07. The lowest BCUT2D eigenvalue weighted by atomic mass is 10.3. The average molecular weight is 237 g/mol. The molecule has 84 valence electrons. The zero-order valence-electron chi connectivity index (χ0n) is 9.18.